The van der Waals surface area contributed by atoms with E-state index < -0.39 is 104 Å². The molecule has 380 valence electrons. The molecule has 0 bridgehead atoms. The minimum Gasteiger partial charge on any atom is -0.481 e. The van der Waals surface area contributed by atoms with Crippen molar-refractivity contribution in [1.29, 1.82) is 0 Å². The Hall–Kier alpha value is -6.16. The second-order valence-electron chi connectivity index (χ2n) is 23.4. The highest BCUT2D eigenvalue weighted by atomic mass is 16.6. The van der Waals surface area contributed by atoms with Crippen LogP contribution in [0.15, 0.2) is 91.0 Å². The van der Waals surface area contributed by atoms with Crippen molar-refractivity contribution < 1.29 is 63.4 Å². The van der Waals surface area contributed by atoms with Gasteiger partial charge in [-0.15, -0.1) is 0 Å². The minimum atomic E-state index is -3.58. The summed E-state index contributed by atoms with van der Waals surface area (Å²) in [6.07, 6.45) is -3.44. The van der Waals surface area contributed by atoms with Crippen LogP contribution in [0.25, 0.3) is 0 Å². The maximum atomic E-state index is 15.2. The van der Waals surface area contributed by atoms with E-state index in [1.807, 2.05) is 0 Å². The van der Waals surface area contributed by atoms with Crippen molar-refractivity contribution in [2.24, 2.45) is 29.1 Å². The Balaban J connectivity index is 1.54. The van der Waals surface area contributed by atoms with Crippen molar-refractivity contribution in [2.75, 3.05) is 0 Å². The summed E-state index contributed by atoms with van der Waals surface area (Å²) in [5.41, 5.74) is -14.1. The number of likely N-dealkylation sites (tertiary alicyclic amines) is 3. The van der Waals surface area contributed by atoms with Gasteiger partial charge in [0.25, 0.3) is 0 Å². The van der Waals surface area contributed by atoms with Crippen LogP contribution in [0.1, 0.15) is 122 Å². The Labute approximate surface area is 410 Å². The molecule has 0 aromatic heterocycles. The standard InChI is InChI=1S/C54H71N3O13/c1-47(2)28-34(29-48(3,4)55(47)44(64)68-37-22-16-13-17-23-37)40(41(58)59)54(67,43(62)63)53(42(60)61,35-30-49(5,6)56(50(7,8)31-35)45(65)69-38-24-18-14-19-25-38)36-32-51(9,10)57(52(11,12)33-36)46(66)70-39-26-20-15-21-27-39/h13-27,34-36,40,67H,28-33H2,1-12H3,(H,58,59)(H,60,61)(H,62,63). The average molecular weight is 970 g/mol. The summed E-state index contributed by atoms with van der Waals surface area (Å²) in [5, 5.41) is 49.8. The van der Waals surface area contributed by atoms with Gasteiger partial charge in [0.2, 0.25) is 0 Å². The number of amides is 3. The Kier molecular flexibility index (Phi) is 14.1. The van der Waals surface area contributed by atoms with Crippen LogP contribution in [0.3, 0.4) is 0 Å². The SMILES string of the molecule is CC1(C)CC(C(C(=O)O)C(O)(C(=O)O)C(C(=O)O)(C2CC(C)(C)N(C(=O)Oc3ccccc3)C(C)(C)C2)C2CC(C)(C)N(C(=O)Oc3ccccc3)C(C)(C)C2)CC(C)(C)N1C(=O)Oc1ccccc1. The largest absolute Gasteiger partial charge is 0.481 e. The lowest BCUT2D eigenvalue weighted by atomic mass is 9.44. The van der Waals surface area contributed by atoms with Gasteiger partial charge in [0.05, 0.1) is 0 Å². The summed E-state index contributed by atoms with van der Waals surface area (Å²) >= 11 is 0. The third-order valence-corrected chi connectivity index (χ3v) is 15.3. The van der Waals surface area contributed by atoms with Crippen LogP contribution in [0.5, 0.6) is 17.2 Å². The van der Waals surface area contributed by atoms with Crippen LogP contribution in [0.2, 0.25) is 0 Å². The molecule has 6 rings (SSSR count). The van der Waals surface area contributed by atoms with Gasteiger partial charge in [0.15, 0.2) is 5.60 Å². The fraction of sp³-hybridized carbons (Fsp3) is 0.556. The number of hydrogen-bond acceptors (Lipinski definition) is 10. The monoisotopic (exact) mass is 969 g/mol. The second-order valence-corrected chi connectivity index (χ2v) is 23.4. The fourth-order valence-electron chi connectivity index (χ4n) is 13.9. The third-order valence-electron chi connectivity index (χ3n) is 15.3. The number of piperidine rings is 3. The summed E-state index contributed by atoms with van der Waals surface area (Å²) in [6.45, 7) is 20.4. The average Bonchev–Trinajstić information content (AvgIpc) is 3.19. The molecule has 3 saturated heterocycles. The maximum absolute atomic E-state index is 15.2. The lowest BCUT2D eigenvalue weighted by Crippen LogP contribution is -2.77. The summed E-state index contributed by atoms with van der Waals surface area (Å²) in [7, 11) is 0. The molecule has 3 heterocycles. The molecule has 3 aromatic rings. The molecular weight excluding hydrogens is 899 g/mol. The topological polar surface area (TPSA) is 221 Å². The Bertz CT molecular complexity index is 2310. The van der Waals surface area contributed by atoms with Crippen molar-refractivity contribution in [3.63, 3.8) is 0 Å². The number of carbonyl (C=O) groups is 6. The van der Waals surface area contributed by atoms with E-state index in [0.29, 0.717) is 0 Å². The van der Waals surface area contributed by atoms with Crippen LogP contribution in [0.4, 0.5) is 14.4 Å². The first-order valence-electron chi connectivity index (χ1n) is 23.9. The number of aliphatic carboxylic acids is 3. The van der Waals surface area contributed by atoms with E-state index in [9.17, 15) is 44.4 Å². The van der Waals surface area contributed by atoms with Crippen LogP contribution < -0.4 is 14.2 Å². The molecule has 3 aromatic carbocycles. The number of carbonyl (C=O) groups excluding carboxylic acids is 3. The second kappa shape index (κ2) is 18.5. The van der Waals surface area contributed by atoms with Gasteiger partial charge in [-0.3, -0.25) is 24.3 Å². The fourth-order valence-corrected chi connectivity index (χ4v) is 13.9. The molecule has 3 aliphatic heterocycles. The van der Waals surface area contributed by atoms with Gasteiger partial charge < -0.3 is 34.6 Å². The van der Waals surface area contributed by atoms with Crippen molar-refractivity contribution in [2.45, 2.75) is 160 Å². The predicted octanol–water partition coefficient (Wildman–Crippen LogP) is 9.98. The number of benzene rings is 3. The van der Waals surface area contributed by atoms with Gasteiger partial charge in [-0.2, -0.15) is 0 Å². The zero-order chi connectivity index (χ0) is 52.2. The van der Waals surface area contributed by atoms with E-state index in [1.54, 1.807) is 174 Å². The molecule has 0 aliphatic carbocycles. The molecule has 2 atom stereocenters. The van der Waals surface area contributed by atoms with E-state index in [1.165, 1.54) is 14.7 Å². The number of rotatable bonds is 11. The first-order chi connectivity index (χ1) is 32.3. The Morgan fingerprint density at radius 3 is 0.943 bits per heavy atom. The Morgan fingerprint density at radius 2 is 0.714 bits per heavy atom. The maximum Gasteiger partial charge on any atom is 0.416 e. The molecule has 2 unspecified atom stereocenters. The van der Waals surface area contributed by atoms with Crippen molar-refractivity contribution >= 4 is 36.2 Å². The highest BCUT2D eigenvalue weighted by Crippen LogP contribution is 2.64. The molecule has 70 heavy (non-hydrogen) atoms. The van der Waals surface area contributed by atoms with Crippen molar-refractivity contribution in [3.05, 3.63) is 91.0 Å². The number of hydrogen-bond donors (Lipinski definition) is 4. The van der Waals surface area contributed by atoms with Crippen LogP contribution in [-0.2, 0) is 14.4 Å². The predicted molar refractivity (Wildman–Crippen MR) is 259 cm³/mol. The van der Waals surface area contributed by atoms with Crippen molar-refractivity contribution in [3.8, 4) is 17.2 Å². The summed E-state index contributed by atoms with van der Waals surface area (Å²) in [4.78, 5) is 91.4. The van der Waals surface area contributed by atoms with E-state index in [0.717, 1.165) is 0 Å². The zero-order valence-electron chi connectivity index (χ0n) is 42.5. The highest BCUT2D eigenvalue weighted by Gasteiger charge is 2.77. The van der Waals surface area contributed by atoms with Gasteiger partial charge >= 0.3 is 36.2 Å². The quantitative estimate of drug-likeness (QED) is 0.141. The van der Waals surface area contributed by atoms with Crippen LogP contribution >= 0.6 is 0 Å². The van der Waals surface area contributed by atoms with Gasteiger partial charge in [-0.25, -0.2) is 19.2 Å². The third kappa shape index (κ3) is 9.55. The zero-order valence-corrected chi connectivity index (χ0v) is 42.5. The molecule has 3 amide bonds. The van der Waals surface area contributed by atoms with Crippen LogP contribution in [0, 0.1) is 29.1 Å². The molecule has 0 radical (unpaired) electrons. The molecule has 0 saturated carbocycles. The number of nitrogens with zero attached hydrogens (tertiary/aromatic N) is 3. The molecule has 0 spiro atoms. The first kappa shape index (κ1) is 53.2. The first-order valence-corrected chi connectivity index (χ1v) is 23.9. The highest BCUT2D eigenvalue weighted by molar-refractivity contribution is 5.94. The molecule has 4 N–H and O–H groups in total. The van der Waals surface area contributed by atoms with Gasteiger partial charge in [0, 0.05) is 33.2 Å². The van der Waals surface area contributed by atoms with Gasteiger partial charge in [-0.05, 0) is 176 Å². The summed E-state index contributed by atoms with van der Waals surface area (Å²) in [5.74, 6) is -10.9. The van der Waals surface area contributed by atoms with Crippen molar-refractivity contribution in [1.82, 2.24) is 14.7 Å². The minimum absolute atomic E-state index is 0.176. The Morgan fingerprint density at radius 1 is 0.457 bits per heavy atom. The van der Waals surface area contributed by atoms with Gasteiger partial charge in [0.1, 0.15) is 28.6 Å². The number of carboxylic acid groups (broad SMARTS) is 3. The number of para-hydroxylation sites is 3. The molecular formula is C54H71N3O13. The van der Waals surface area contributed by atoms with E-state index in [2.05, 4.69) is 0 Å². The van der Waals surface area contributed by atoms with E-state index in [4.69, 9.17) is 14.2 Å². The van der Waals surface area contributed by atoms with Crippen LogP contribution in [-0.4, -0.2) is 110 Å². The van der Waals surface area contributed by atoms with Gasteiger partial charge in [-0.1, -0.05) is 54.6 Å². The van der Waals surface area contributed by atoms with E-state index in [-0.39, 0.29) is 55.8 Å². The molecule has 3 fully saturated rings. The lowest BCUT2D eigenvalue weighted by Gasteiger charge is -2.65. The number of ether oxygens (including phenoxy) is 3. The normalized spacial score (nSPS) is 22.2. The number of carboxylic acids is 3. The summed E-state index contributed by atoms with van der Waals surface area (Å²) < 4.78 is 17.5. The lowest BCUT2D eigenvalue weighted by molar-refractivity contribution is -0.245. The smallest absolute Gasteiger partial charge is 0.416 e. The van der Waals surface area contributed by atoms with E-state index >= 15 is 4.79 Å². The molecule has 3 aliphatic rings. The molecule has 16 heteroatoms. The molecule has 16 nitrogen and oxygen atoms in total. The number of aliphatic hydroxyl groups is 1. The summed E-state index contributed by atoms with van der Waals surface area (Å²) in [6, 6.07) is 25.2.